The van der Waals surface area contributed by atoms with Gasteiger partial charge in [-0.2, -0.15) is 0 Å². The topological polar surface area (TPSA) is 26.3 Å². The van der Waals surface area contributed by atoms with Crippen LogP contribution < -0.4 is 4.74 Å². The number of hydrogen-bond acceptors (Lipinski definition) is 2. The van der Waals surface area contributed by atoms with Gasteiger partial charge in [-0.1, -0.05) is 48.3 Å². The third-order valence-corrected chi connectivity index (χ3v) is 4.19. The van der Waals surface area contributed by atoms with Crippen molar-refractivity contribution in [2.75, 3.05) is 11.9 Å². The molecular formula is C15H20BrClO2. The van der Waals surface area contributed by atoms with Crippen LogP contribution in [0.15, 0.2) is 18.2 Å². The largest absolute Gasteiger partial charge is 0.492 e. The summed E-state index contributed by atoms with van der Waals surface area (Å²) >= 11 is 9.42. The molecule has 0 bridgehead atoms. The minimum Gasteiger partial charge on any atom is -0.492 e. The van der Waals surface area contributed by atoms with Gasteiger partial charge in [0.1, 0.15) is 5.75 Å². The number of ether oxygens (including phenoxy) is 1. The maximum atomic E-state index is 11.6. The number of hydrogen-bond donors (Lipinski definition) is 0. The van der Waals surface area contributed by atoms with Crippen molar-refractivity contribution < 1.29 is 9.53 Å². The molecule has 0 heterocycles. The van der Waals surface area contributed by atoms with E-state index >= 15 is 0 Å². The summed E-state index contributed by atoms with van der Waals surface area (Å²) in [6, 6.07) is 5.15. The van der Waals surface area contributed by atoms with E-state index in [-0.39, 0.29) is 11.2 Å². The number of rotatable bonds is 5. The Balaban J connectivity index is 2.86. The lowest BCUT2D eigenvalue weighted by Gasteiger charge is -2.29. The van der Waals surface area contributed by atoms with Crippen molar-refractivity contribution in [3.8, 4) is 5.75 Å². The quantitative estimate of drug-likeness (QED) is 0.555. The van der Waals surface area contributed by atoms with Crippen LogP contribution in [0, 0.1) is 11.3 Å². The van der Waals surface area contributed by atoms with Gasteiger partial charge < -0.3 is 4.74 Å². The predicted molar refractivity (Wildman–Crippen MR) is 83.7 cm³/mol. The summed E-state index contributed by atoms with van der Waals surface area (Å²) in [4.78, 5) is 11.6. The molecular weight excluding hydrogens is 328 g/mol. The molecule has 0 aliphatic rings. The first kappa shape index (κ1) is 16.5. The maximum absolute atomic E-state index is 11.6. The Labute approximate surface area is 128 Å². The van der Waals surface area contributed by atoms with Crippen LogP contribution in [-0.4, -0.2) is 17.7 Å². The number of ketones is 1. The molecule has 4 heteroatoms. The molecule has 1 unspecified atom stereocenters. The zero-order valence-electron chi connectivity index (χ0n) is 11.8. The molecule has 0 N–H and O–H groups in total. The standard InChI is InChI=1S/C15H20BrClO2/c1-10(18)13-7-12(17)5-6-14(13)19-9-11(8-16)15(2,3)4/h5-7,11H,8-9H2,1-4H3. The lowest BCUT2D eigenvalue weighted by molar-refractivity contribution is 0.101. The van der Waals surface area contributed by atoms with Gasteiger partial charge in [0, 0.05) is 16.3 Å². The van der Waals surface area contributed by atoms with E-state index in [0.717, 1.165) is 5.33 Å². The van der Waals surface area contributed by atoms with Gasteiger partial charge in [0.05, 0.1) is 12.2 Å². The smallest absolute Gasteiger partial charge is 0.163 e. The van der Waals surface area contributed by atoms with Crippen LogP contribution in [0.5, 0.6) is 5.75 Å². The SMILES string of the molecule is CC(=O)c1cc(Cl)ccc1OCC(CBr)C(C)(C)C. The van der Waals surface area contributed by atoms with Crippen molar-refractivity contribution in [1.29, 1.82) is 0 Å². The van der Waals surface area contributed by atoms with Crippen LogP contribution in [0.3, 0.4) is 0 Å². The highest BCUT2D eigenvalue weighted by molar-refractivity contribution is 9.09. The highest BCUT2D eigenvalue weighted by atomic mass is 79.9. The summed E-state index contributed by atoms with van der Waals surface area (Å²) in [6.07, 6.45) is 0. The van der Waals surface area contributed by atoms with Crippen LogP contribution >= 0.6 is 27.5 Å². The summed E-state index contributed by atoms with van der Waals surface area (Å²) in [6.45, 7) is 8.61. The minimum absolute atomic E-state index is 0.0383. The second kappa shape index (κ2) is 6.76. The third-order valence-electron chi connectivity index (χ3n) is 3.17. The normalized spacial score (nSPS) is 13.2. The Morgan fingerprint density at radius 2 is 2.05 bits per heavy atom. The van der Waals surface area contributed by atoms with Gasteiger partial charge in [0.25, 0.3) is 0 Å². The molecule has 0 aliphatic heterocycles. The Hall–Kier alpha value is -0.540. The molecule has 2 nitrogen and oxygen atoms in total. The van der Waals surface area contributed by atoms with E-state index in [1.165, 1.54) is 6.92 Å². The van der Waals surface area contributed by atoms with Gasteiger partial charge in [-0.15, -0.1) is 0 Å². The van der Waals surface area contributed by atoms with Gasteiger partial charge in [-0.25, -0.2) is 0 Å². The average Bonchev–Trinajstić information content (AvgIpc) is 2.29. The lowest BCUT2D eigenvalue weighted by atomic mass is 9.83. The highest BCUT2D eigenvalue weighted by Crippen LogP contribution is 2.30. The fraction of sp³-hybridized carbons (Fsp3) is 0.533. The lowest BCUT2D eigenvalue weighted by Crippen LogP contribution is -2.28. The number of carbonyl (C=O) groups is 1. The second-order valence-corrected chi connectivity index (χ2v) is 6.81. The van der Waals surface area contributed by atoms with Gasteiger partial charge in [-0.05, 0) is 30.5 Å². The monoisotopic (exact) mass is 346 g/mol. The van der Waals surface area contributed by atoms with E-state index in [1.807, 2.05) is 0 Å². The van der Waals surface area contributed by atoms with E-state index in [2.05, 4.69) is 36.7 Å². The zero-order valence-corrected chi connectivity index (χ0v) is 14.1. The highest BCUT2D eigenvalue weighted by Gasteiger charge is 2.24. The molecule has 1 aromatic rings. The first-order chi connectivity index (χ1) is 8.75. The van der Waals surface area contributed by atoms with Crippen molar-refractivity contribution in [3.05, 3.63) is 28.8 Å². The molecule has 0 amide bonds. The number of halogens is 2. The Bertz CT molecular complexity index is 452. The van der Waals surface area contributed by atoms with Crippen LogP contribution in [0.2, 0.25) is 5.02 Å². The van der Waals surface area contributed by atoms with E-state index in [9.17, 15) is 4.79 Å². The maximum Gasteiger partial charge on any atom is 0.163 e. The van der Waals surface area contributed by atoms with Crippen LogP contribution in [-0.2, 0) is 0 Å². The van der Waals surface area contributed by atoms with Crippen LogP contribution in [0.1, 0.15) is 38.1 Å². The van der Waals surface area contributed by atoms with Crippen molar-refractivity contribution in [3.63, 3.8) is 0 Å². The Morgan fingerprint density at radius 3 is 2.53 bits per heavy atom. The number of Topliss-reactive ketones (excluding diaryl/α,β-unsaturated/α-hetero) is 1. The first-order valence-corrected chi connectivity index (χ1v) is 7.75. The summed E-state index contributed by atoms with van der Waals surface area (Å²) in [5, 5.41) is 1.41. The van der Waals surface area contributed by atoms with Gasteiger partial charge in [-0.3, -0.25) is 4.79 Å². The number of alkyl halides is 1. The van der Waals surface area contributed by atoms with E-state index < -0.39 is 0 Å². The summed E-state index contributed by atoms with van der Waals surface area (Å²) in [5.41, 5.74) is 0.682. The third kappa shape index (κ3) is 4.81. The molecule has 19 heavy (non-hydrogen) atoms. The van der Waals surface area contributed by atoms with Crippen molar-refractivity contribution in [2.24, 2.45) is 11.3 Å². The molecule has 0 saturated carbocycles. The Morgan fingerprint density at radius 1 is 1.42 bits per heavy atom. The van der Waals surface area contributed by atoms with Crippen molar-refractivity contribution >= 4 is 33.3 Å². The van der Waals surface area contributed by atoms with E-state index in [1.54, 1.807) is 18.2 Å². The average molecular weight is 348 g/mol. The zero-order chi connectivity index (χ0) is 14.6. The molecule has 0 radical (unpaired) electrons. The predicted octanol–water partition coefficient (Wildman–Crippen LogP) is 4.98. The molecule has 0 aliphatic carbocycles. The van der Waals surface area contributed by atoms with Crippen molar-refractivity contribution in [1.82, 2.24) is 0 Å². The van der Waals surface area contributed by atoms with Crippen LogP contribution in [0.25, 0.3) is 0 Å². The van der Waals surface area contributed by atoms with E-state index in [0.29, 0.717) is 28.9 Å². The van der Waals surface area contributed by atoms with Gasteiger partial charge in [0.15, 0.2) is 5.78 Å². The van der Waals surface area contributed by atoms with E-state index in [4.69, 9.17) is 16.3 Å². The fourth-order valence-corrected chi connectivity index (χ4v) is 2.95. The van der Waals surface area contributed by atoms with Crippen LogP contribution in [0.4, 0.5) is 0 Å². The fourth-order valence-electron chi connectivity index (χ4n) is 1.62. The summed E-state index contributed by atoms with van der Waals surface area (Å²) in [5.74, 6) is 0.929. The van der Waals surface area contributed by atoms with Gasteiger partial charge in [0.2, 0.25) is 0 Å². The molecule has 0 spiro atoms. The molecule has 1 aromatic carbocycles. The second-order valence-electron chi connectivity index (χ2n) is 5.72. The molecule has 0 aromatic heterocycles. The number of carbonyl (C=O) groups excluding carboxylic acids is 1. The molecule has 0 saturated heterocycles. The molecule has 1 atom stereocenters. The molecule has 106 valence electrons. The summed E-state index contributed by atoms with van der Waals surface area (Å²) in [7, 11) is 0. The molecule has 0 fully saturated rings. The minimum atomic E-state index is -0.0383. The van der Waals surface area contributed by atoms with Crippen molar-refractivity contribution in [2.45, 2.75) is 27.7 Å². The first-order valence-electron chi connectivity index (χ1n) is 6.25. The van der Waals surface area contributed by atoms with Gasteiger partial charge >= 0.3 is 0 Å². The molecule has 1 rings (SSSR count). The Kier molecular flexibility index (Phi) is 5.87. The number of benzene rings is 1. The summed E-state index contributed by atoms with van der Waals surface area (Å²) < 4.78 is 5.82.